The lowest BCUT2D eigenvalue weighted by Crippen LogP contribution is -2.64. The Labute approximate surface area is 234 Å². The quantitative estimate of drug-likeness (QED) is 0.381. The molecule has 2 saturated carbocycles. The van der Waals surface area contributed by atoms with Crippen molar-refractivity contribution in [2.45, 2.75) is 57.9 Å². The van der Waals surface area contributed by atoms with Gasteiger partial charge in [0.2, 0.25) is 0 Å². The number of nitrogens with zero attached hydrogens (tertiary/aromatic N) is 6. The van der Waals surface area contributed by atoms with Crippen LogP contribution in [0.2, 0.25) is 0 Å². The molecular formula is C31H35FN6O2. The van der Waals surface area contributed by atoms with Crippen LogP contribution < -0.4 is 9.64 Å². The second-order valence-electron chi connectivity index (χ2n) is 12.6. The molecule has 0 amide bonds. The first-order chi connectivity index (χ1) is 19.4. The van der Waals surface area contributed by atoms with Gasteiger partial charge in [0, 0.05) is 73.7 Å². The summed E-state index contributed by atoms with van der Waals surface area (Å²) in [6, 6.07) is 8.90. The third-order valence-electron chi connectivity index (χ3n) is 9.19. The summed E-state index contributed by atoms with van der Waals surface area (Å²) >= 11 is 0. The van der Waals surface area contributed by atoms with Gasteiger partial charge in [-0.1, -0.05) is 19.9 Å². The summed E-state index contributed by atoms with van der Waals surface area (Å²) in [6.45, 7) is 8.37. The van der Waals surface area contributed by atoms with Gasteiger partial charge < -0.3 is 9.64 Å². The van der Waals surface area contributed by atoms with E-state index in [1.165, 1.54) is 18.5 Å². The van der Waals surface area contributed by atoms with Crippen LogP contribution in [-0.2, 0) is 4.79 Å². The third kappa shape index (κ3) is 4.64. The van der Waals surface area contributed by atoms with Gasteiger partial charge in [-0.05, 0) is 55.4 Å². The third-order valence-corrected chi connectivity index (χ3v) is 9.19. The van der Waals surface area contributed by atoms with E-state index in [-0.39, 0.29) is 11.2 Å². The molecule has 208 valence electrons. The Hall–Kier alpha value is -3.46. The van der Waals surface area contributed by atoms with Crippen molar-refractivity contribution < 1.29 is 13.9 Å². The Bertz CT molecular complexity index is 1430. The molecule has 0 N–H and O–H groups in total. The zero-order chi connectivity index (χ0) is 27.4. The number of aromatic nitrogens is 4. The van der Waals surface area contributed by atoms with Crippen molar-refractivity contribution in [1.29, 1.82) is 0 Å². The minimum atomic E-state index is -0.326. The molecule has 4 fully saturated rings. The molecule has 1 spiro atoms. The summed E-state index contributed by atoms with van der Waals surface area (Å²) in [5, 5.41) is 8.34. The number of benzene rings is 1. The topological polar surface area (TPSA) is 84.3 Å². The van der Waals surface area contributed by atoms with E-state index in [0.29, 0.717) is 52.6 Å². The number of carbonyl (C=O) groups excluding carboxylic acids is 1. The van der Waals surface area contributed by atoms with Gasteiger partial charge in [-0.25, -0.2) is 9.37 Å². The molecule has 8 nitrogen and oxygen atoms in total. The van der Waals surface area contributed by atoms with Crippen LogP contribution >= 0.6 is 0 Å². The predicted molar refractivity (Wildman–Crippen MR) is 149 cm³/mol. The van der Waals surface area contributed by atoms with Crippen molar-refractivity contribution in [3.8, 4) is 22.8 Å². The number of pyridine rings is 1. The fourth-order valence-electron chi connectivity index (χ4n) is 7.21. The monoisotopic (exact) mass is 542 g/mol. The summed E-state index contributed by atoms with van der Waals surface area (Å²) in [5.74, 6) is 3.02. The second-order valence-corrected chi connectivity index (χ2v) is 12.6. The Balaban J connectivity index is 1.10. The lowest BCUT2D eigenvalue weighted by Gasteiger charge is -2.55. The number of carbonyl (C=O) groups is 1. The van der Waals surface area contributed by atoms with Crippen molar-refractivity contribution >= 4 is 11.6 Å². The van der Waals surface area contributed by atoms with E-state index in [9.17, 15) is 9.18 Å². The summed E-state index contributed by atoms with van der Waals surface area (Å²) in [7, 11) is 0. The number of halogens is 1. The Morgan fingerprint density at radius 2 is 1.90 bits per heavy atom. The number of likely N-dealkylation sites (tertiary alicyclic amines) is 1. The van der Waals surface area contributed by atoms with Gasteiger partial charge in [-0.15, -0.1) is 10.2 Å². The largest absolute Gasteiger partial charge is 0.434 e. The average Bonchev–Trinajstić information content (AvgIpc) is 3.67. The minimum Gasteiger partial charge on any atom is -0.434 e. The maximum atomic E-state index is 14.5. The highest BCUT2D eigenvalue weighted by Gasteiger charge is 2.52. The number of Topliss-reactive ketones (excluding diaryl/α,β-unsaturated/α-hetero) is 1. The molecule has 4 heterocycles. The van der Waals surface area contributed by atoms with E-state index < -0.39 is 0 Å². The van der Waals surface area contributed by atoms with Gasteiger partial charge in [0.1, 0.15) is 23.7 Å². The average molecular weight is 543 g/mol. The van der Waals surface area contributed by atoms with E-state index in [1.807, 2.05) is 12.1 Å². The van der Waals surface area contributed by atoms with Gasteiger partial charge in [0.05, 0.1) is 5.69 Å². The highest BCUT2D eigenvalue weighted by atomic mass is 19.1. The number of anilines is 1. The van der Waals surface area contributed by atoms with Crippen LogP contribution in [0.4, 0.5) is 10.2 Å². The number of ether oxygens (including phenoxy) is 1. The van der Waals surface area contributed by atoms with Gasteiger partial charge >= 0.3 is 0 Å². The number of ketones is 1. The molecular weight excluding hydrogens is 507 g/mol. The van der Waals surface area contributed by atoms with Crippen LogP contribution in [0.5, 0.6) is 11.6 Å². The summed E-state index contributed by atoms with van der Waals surface area (Å²) in [4.78, 5) is 25.7. The van der Waals surface area contributed by atoms with Gasteiger partial charge in [-0.3, -0.25) is 14.7 Å². The van der Waals surface area contributed by atoms with E-state index >= 15 is 0 Å². The highest BCUT2D eigenvalue weighted by Crippen LogP contribution is 2.48. The number of rotatable bonds is 8. The minimum absolute atomic E-state index is 0.207. The fraction of sp³-hybridized carbons (Fsp3) is 0.516. The normalized spacial score (nSPS) is 21.5. The molecule has 7 rings (SSSR count). The van der Waals surface area contributed by atoms with Crippen LogP contribution in [0.1, 0.15) is 57.6 Å². The van der Waals surface area contributed by atoms with E-state index in [1.54, 1.807) is 12.3 Å². The molecule has 3 aromatic rings. The smallest absolute Gasteiger partial charge is 0.282 e. The number of hydrogen-bond donors (Lipinski definition) is 0. The first-order valence-corrected chi connectivity index (χ1v) is 14.5. The molecule has 1 atom stereocenters. The Morgan fingerprint density at radius 3 is 2.65 bits per heavy atom. The second kappa shape index (κ2) is 9.87. The molecule has 9 heteroatoms. The molecule has 2 saturated heterocycles. The number of hydrogen-bond acceptors (Lipinski definition) is 8. The molecule has 1 aromatic carbocycles. The van der Waals surface area contributed by atoms with Crippen LogP contribution in [0.15, 0.2) is 42.9 Å². The van der Waals surface area contributed by atoms with Crippen LogP contribution in [0.3, 0.4) is 0 Å². The summed E-state index contributed by atoms with van der Waals surface area (Å²) in [6.07, 6.45) is 7.99. The van der Waals surface area contributed by atoms with Crippen molar-refractivity contribution in [3.05, 3.63) is 54.4 Å². The maximum Gasteiger partial charge on any atom is 0.282 e. The molecule has 2 aromatic heterocycles. The van der Waals surface area contributed by atoms with Gasteiger partial charge in [0.25, 0.3) is 5.88 Å². The standard InChI is InChI=1S/C31H35FN6O2/c1-19(2)28(21-12-23(39)13-21)38-16-31(17-38)9-11-37(15-31)29-30(36-35-18-34-29)40-26-8-7-22(32)14-25(26)24-4-3-10-33-27(24)20-5-6-20/h3-4,7-8,10,14,18-21,28H,5-6,9,11-13,15-17H2,1-2H3. The molecule has 1 unspecified atom stereocenters. The van der Waals surface area contributed by atoms with Crippen LogP contribution in [0, 0.1) is 23.1 Å². The first kappa shape index (κ1) is 25.5. The van der Waals surface area contributed by atoms with Gasteiger partial charge in [0.15, 0.2) is 5.82 Å². The lowest BCUT2D eigenvalue weighted by molar-refractivity contribution is -0.133. The van der Waals surface area contributed by atoms with Crippen molar-refractivity contribution in [2.24, 2.45) is 17.3 Å². The van der Waals surface area contributed by atoms with E-state index in [4.69, 9.17) is 4.74 Å². The molecule has 0 bridgehead atoms. The van der Waals surface area contributed by atoms with Crippen molar-refractivity contribution in [3.63, 3.8) is 0 Å². The Kier molecular flexibility index (Phi) is 6.29. The lowest BCUT2D eigenvalue weighted by atomic mass is 9.70. The molecule has 0 radical (unpaired) electrons. The predicted octanol–water partition coefficient (Wildman–Crippen LogP) is 5.26. The zero-order valence-electron chi connectivity index (χ0n) is 23.1. The Morgan fingerprint density at radius 1 is 1.07 bits per heavy atom. The summed E-state index contributed by atoms with van der Waals surface area (Å²) < 4.78 is 20.8. The van der Waals surface area contributed by atoms with Gasteiger partial charge in [-0.2, -0.15) is 0 Å². The highest BCUT2D eigenvalue weighted by molar-refractivity contribution is 5.84. The first-order valence-electron chi connectivity index (χ1n) is 14.5. The molecule has 2 aliphatic heterocycles. The van der Waals surface area contributed by atoms with E-state index in [0.717, 1.165) is 69.5 Å². The van der Waals surface area contributed by atoms with Crippen molar-refractivity contribution in [2.75, 3.05) is 31.1 Å². The van der Waals surface area contributed by atoms with Crippen LogP contribution in [0.25, 0.3) is 11.1 Å². The fourth-order valence-corrected chi connectivity index (χ4v) is 7.21. The SMILES string of the molecule is CC(C)C(C1CC(=O)C1)N1CC2(CCN(c3ncnnc3Oc3ccc(F)cc3-c3cccnc3C3CC3)C2)C1. The summed E-state index contributed by atoms with van der Waals surface area (Å²) in [5.41, 5.74) is 2.74. The molecule has 2 aliphatic carbocycles. The van der Waals surface area contributed by atoms with Crippen molar-refractivity contribution in [1.82, 2.24) is 25.1 Å². The van der Waals surface area contributed by atoms with E-state index in [2.05, 4.69) is 43.8 Å². The van der Waals surface area contributed by atoms with Crippen LogP contribution in [-0.4, -0.2) is 63.1 Å². The maximum absolute atomic E-state index is 14.5. The zero-order valence-corrected chi connectivity index (χ0v) is 23.1. The molecule has 40 heavy (non-hydrogen) atoms. The molecule has 4 aliphatic rings.